The van der Waals surface area contributed by atoms with Crippen LogP contribution < -0.4 is 15.5 Å². The molecule has 8 heteroatoms. The molecule has 2 amide bonds. The zero-order valence-corrected chi connectivity index (χ0v) is 14.0. The number of nitrogens with one attached hydrogen (secondary N) is 3. The molecule has 0 aliphatic carbocycles. The van der Waals surface area contributed by atoms with Crippen LogP contribution in [0.5, 0.6) is 0 Å². The first-order chi connectivity index (χ1) is 12.2. The summed E-state index contributed by atoms with van der Waals surface area (Å²) in [6, 6.07) is 7.47. The van der Waals surface area contributed by atoms with Gasteiger partial charge in [0.25, 0.3) is 0 Å². The molecule has 1 atom stereocenters. The molecular weight excluding hydrogens is 322 g/mol. The molecular formula is C17H21N5O3. The van der Waals surface area contributed by atoms with E-state index in [2.05, 4.69) is 20.8 Å². The van der Waals surface area contributed by atoms with Gasteiger partial charge in [-0.2, -0.15) is 5.10 Å². The van der Waals surface area contributed by atoms with E-state index in [0.717, 1.165) is 5.69 Å². The number of benzene rings is 1. The second-order valence-electron chi connectivity index (χ2n) is 5.82. The van der Waals surface area contributed by atoms with Crippen molar-refractivity contribution < 1.29 is 14.3 Å². The molecule has 0 radical (unpaired) electrons. The number of carbonyl (C=O) groups excluding carboxylic acids is 2. The van der Waals surface area contributed by atoms with E-state index in [4.69, 9.17) is 4.74 Å². The number of aromatic nitrogens is 2. The van der Waals surface area contributed by atoms with Crippen molar-refractivity contribution in [2.45, 2.75) is 6.42 Å². The van der Waals surface area contributed by atoms with Gasteiger partial charge >= 0.3 is 0 Å². The SMILES string of the molecule is COCCNc1ccccc1NC(=O)[C@H]1CC(=O)N(c2cn[nH]c2)C1. The molecule has 0 saturated carbocycles. The quantitative estimate of drug-likeness (QED) is 0.661. The van der Waals surface area contributed by atoms with E-state index in [1.54, 1.807) is 24.4 Å². The summed E-state index contributed by atoms with van der Waals surface area (Å²) in [5.41, 5.74) is 2.20. The van der Waals surface area contributed by atoms with Crippen molar-refractivity contribution in [1.82, 2.24) is 10.2 Å². The third kappa shape index (κ3) is 3.97. The molecule has 2 heterocycles. The highest BCUT2D eigenvalue weighted by Gasteiger charge is 2.35. The monoisotopic (exact) mass is 343 g/mol. The number of hydrogen-bond acceptors (Lipinski definition) is 5. The standard InChI is InChI=1S/C17H21N5O3/c1-25-7-6-18-14-4-2-3-5-15(14)21-17(24)12-8-16(23)22(11-12)13-9-19-20-10-13/h2-5,9-10,12,18H,6-8,11H2,1H3,(H,19,20)(H,21,24)/t12-/m0/s1. The van der Waals surface area contributed by atoms with Crippen LogP contribution in [0.25, 0.3) is 0 Å². The fourth-order valence-electron chi connectivity index (χ4n) is 2.79. The van der Waals surface area contributed by atoms with E-state index < -0.39 is 5.92 Å². The lowest BCUT2D eigenvalue weighted by Crippen LogP contribution is -2.28. The molecule has 3 N–H and O–H groups in total. The molecule has 1 aliphatic heterocycles. The van der Waals surface area contributed by atoms with Crippen molar-refractivity contribution in [3.8, 4) is 0 Å². The van der Waals surface area contributed by atoms with Gasteiger partial charge in [0.05, 0.1) is 35.8 Å². The molecule has 8 nitrogen and oxygen atoms in total. The third-order valence-corrected chi connectivity index (χ3v) is 4.10. The van der Waals surface area contributed by atoms with Gasteiger partial charge in [0.1, 0.15) is 0 Å². The number of nitrogens with zero attached hydrogens (tertiary/aromatic N) is 2. The fraction of sp³-hybridized carbons (Fsp3) is 0.353. The molecule has 3 rings (SSSR count). The number of methoxy groups -OCH3 is 1. The van der Waals surface area contributed by atoms with Crippen molar-refractivity contribution in [3.05, 3.63) is 36.7 Å². The summed E-state index contributed by atoms with van der Waals surface area (Å²) in [7, 11) is 1.64. The summed E-state index contributed by atoms with van der Waals surface area (Å²) in [6.45, 7) is 1.56. The summed E-state index contributed by atoms with van der Waals surface area (Å²) in [5.74, 6) is -0.636. The van der Waals surface area contributed by atoms with E-state index in [-0.39, 0.29) is 18.2 Å². The Bertz CT molecular complexity index is 732. The topological polar surface area (TPSA) is 99.3 Å². The van der Waals surface area contributed by atoms with E-state index in [9.17, 15) is 9.59 Å². The zero-order valence-electron chi connectivity index (χ0n) is 14.0. The highest BCUT2D eigenvalue weighted by atomic mass is 16.5. The average Bonchev–Trinajstić information content (AvgIpc) is 3.26. The first kappa shape index (κ1) is 17.0. The average molecular weight is 343 g/mol. The van der Waals surface area contributed by atoms with Gasteiger partial charge in [-0.25, -0.2) is 0 Å². The van der Waals surface area contributed by atoms with Crippen LogP contribution in [0, 0.1) is 5.92 Å². The van der Waals surface area contributed by atoms with Crippen LogP contribution in [0.15, 0.2) is 36.7 Å². The van der Waals surface area contributed by atoms with Gasteiger partial charge < -0.3 is 20.3 Å². The smallest absolute Gasteiger partial charge is 0.229 e. The van der Waals surface area contributed by atoms with Crippen molar-refractivity contribution in [1.29, 1.82) is 0 Å². The van der Waals surface area contributed by atoms with Gasteiger partial charge in [-0.3, -0.25) is 14.7 Å². The van der Waals surface area contributed by atoms with Crippen molar-refractivity contribution in [3.63, 3.8) is 0 Å². The number of anilines is 3. The predicted octanol–water partition coefficient (Wildman–Crippen LogP) is 1.46. The fourth-order valence-corrected chi connectivity index (χ4v) is 2.79. The maximum absolute atomic E-state index is 12.6. The summed E-state index contributed by atoms with van der Waals surface area (Å²) < 4.78 is 5.02. The number of hydrogen-bond donors (Lipinski definition) is 3. The van der Waals surface area contributed by atoms with Crippen LogP contribution in [-0.2, 0) is 14.3 Å². The Kier molecular flexibility index (Phi) is 5.30. The molecule has 2 aromatic rings. The van der Waals surface area contributed by atoms with Crippen LogP contribution in [0.4, 0.5) is 17.1 Å². The van der Waals surface area contributed by atoms with Gasteiger partial charge in [-0.05, 0) is 12.1 Å². The summed E-state index contributed by atoms with van der Waals surface area (Å²) in [6.07, 6.45) is 3.41. The van der Waals surface area contributed by atoms with Gasteiger partial charge in [-0.1, -0.05) is 12.1 Å². The second kappa shape index (κ2) is 7.80. The van der Waals surface area contributed by atoms with Gasteiger partial charge in [-0.15, -0.1) is 0 Å². The number of carbonyl (C=O) groups is 2. The molecule has 132 valence electrons. The van der Waals surface area contributed by atoms with E-state index in [1.807, 2.05) is 24.3 Å². The summed E-state index contributed by atoms with van der Waals surface area (Å²) in [5, 5.41) is 12.7. The second-order valence-corrected chi connectivity index (χ2v) is 5.82. The minimum atomic E-state index is -0.394. The predicted molar refractivity (Wildman–Crippen MR) is 94.5 cm³/mol. The highest BCUT2D eigenvalue weighted by Crippen LogP contribution is 2.27. The first-order valence-corrected chi connectivity index (χ1v) is 8.11. The highest BCUT2D eigenvalue weighted by molar-refractivity contribution is 6.04. The van der Waals surface area contributed by atoms with Crippen molar-refractivity contribution >= 4 is 28.9 Å². The van der Waals surface area contributed by atoms with E-state index in [1.165, 1.54) is 0 Å². The van der Waals surface area contributed by atoms with E-state index >= 15 is 0 Å². The summed E-state index contributed by atoms with van der Waals surface area (Å²) in [4.78, 5) is 26.3. The Morgan fingerprint density at radius 2 is 2.20 bits per heavy atom. The number of H-pyrrole nitrogens is 1. The Hall–Kier alpha value is -2.87. The van der Waals surface area contributed by atoms with Crippen LogP contribution in [0.1, 0.15) is 6.42 Å². The molecule has 0 bridgehead atoms. The molecule has 0 spiro atoms. The van der Waals surface area contributed by atoms with Crippen LogP contribution in [0.3, 0.4) is 0 Å². The maximum atomic E-state index is 12.6. The minimum Gasteiger partial charge on any atom is -0.383 e. The lowest BCUT2D eigenvalue weighted by Gasteiger charge is -2.16. The molecule has 1 aliphatic rings. The number of aromatic amines is 1. The van der Waals surface area contributed by atoms with Crippen molar-refractivity contribution in [2.75, 3.05) is 42.3 Å². The lowest BCUT2D eigenvalue weighted by atomic mass is 10.1. The number of para-hydroxylation sites is 2. The van der Waals surface area contributed by atoms with Crippen LogP contribution in [0.2, 0.25) is 0 Å². The van der Waals surface area contributed by atoms with Crippen LogP contribution >= 0.6 is 0 Å². The molecule has 1 fully saturated rings. The number of rotatable bonds is 7. The molecule has 1 aromatic heterocycles. The first-order valence-electron chi connectivity index (χ1n) is 8.11. The van der Waals surface area contributed by atoms with Gasteiger partial charge in [0, 0.05) is 32.8 Å². The van der Waals surface area contributed by atoms with Crippen LogP contribution in [-0.4, -0.2) is 48.8 Å². The molecule has 0 unspecified atom stereocenters. The Labute approximate surface area is 145 Å². The normalized spacial score (nSPS) is 16.9. The Morgan fingerprint density at radius 3 is 2.92 bits per heavy atom. The summed E-state index contributed by atoms with van der Waals surface area (Å²) >= 11 is 0. The zero-order chi connectivity index (χ0) is 17.6. The maximum Gasteiger partial charge on any atom is 0.229 e. The van der Waals surface area contributed by atoms with E-state index in [0.29, 0.717) is 31.1 Å². The number of amides is 2. The van der Waals surface area contributed by atoms with Gasteiger partial charge in [0.15, 0.2) is 0 Å². The molecule has 1 aromatic carbocycles. The lowest BCUT2D eigenvalue weighted by molar-refractivity contribution is -0.122. The Morgan fingerprint density at radius 1 is 1.40 bits per heavy atom. The Balaban J connectivity index is 1.64. The van der Waals surface area contributed by atoms with Crippen molar-refractivity contribution in [2.24, 2.45) is 5.92 Å². The minimum absolute atomic E-state index is 0.0759. The molecule has 25 heavy (non-hydrogen) atoms. The number of ether oxygens (including phenoxy) is 1. The van der Waals surface area contributed by atoms with Gasteiger partial charge in [0.2, 0.25) is 11.8 Å². The molecule has 1 saturated heterocycles. The third-order valence-electron chi connectivity index (χ3n) is 4.10. The largest absolute Gasteiger partial charge is 0.383 e.